The van der Waals surface area contributed by atoms with Gasteiger partial charge in [-0.25, -0.2) is 0 Å². The third-order valence-electron chi connectivity index (χ3n) is 3.87. The zero-order valence-corrected chi connectivity index (χ0v) is 11.1. The van der Waals surface area contributed by atoms with E-state index in [0.29, 0.717) is 26.3 Å². The smallest absolute Gasteiger partial charge is 0.225 e. The van der Waals surface area contributed by atoms with Crippen molar-refractivity contribution in [3.8, 4) is 0 Å². The number of amides is 1. The van der Waals surface area contributed by atoms with Crippen molar-refractivity contribution in [1.29, 1.82) is 0 Å². The molecule has 18 heavy (non-hydrogen) atoms. The Balaban J connectivity index is 1.87. The molecular weight excluding hydrogens is 232 g/mol. The van der Waals surface area contributed by atoms with Gasteiger partial charge in [0.25, 0.3) is 0 Å². The van der Waals surface area contributed by atoms with Crippen LogP contribution in [0.25, 0.3) is 0 Å². The summed E-state index contributed by atoms with van der Waals surface area (Å²) in [4.78, 5) is 14.3. The summed E-state index contributed by atoms with van der Waals surface area (Å²) in [6.07, 6.45) is 3.97. The first-order valence-corrected chi connectivity index (χ1v) is 6.85. The summed E-state index contributed by atoms with van der Waals surface area (Å²) < 4.78 is 10.7. The number of hydrogen-bond acceptors (Lipinski definition) is 4. The van der Waals surface area contributed by atoms with Crippen LogP contribution in [0.2, 0.25) is 0 Å². The van der Waals surface area contributed by atoms with E-state index in [0.717, 1.165) is 25.7 Å². The minimum absolute atomic E-state index is 0.0185. The van der Waals surface area contributed by atoms with Crippen LogP contribution >= 0.6 is 0 Å². The molecule has 3 unspecified atom stereocenters. The number of nitrogens with two attached hydrogens (primary N) is 1. The quantitative estimate of drug-likeness (QED) is 0.793. The summed E-state index contributed by atoms with van der Waals surface area (Å²) in [6, 6.07) is 0.198. The fourth-order valence-corrected chi connectivity index (χ4v) is 2.92. The van der Waals surface area contributed by atoms with E-state index in [1.807, 2.05) is 4.90 Å². The Morgan fingerprint density at radius 1 is 1.50 bits per heavy atom. The van der Waals surface area contributed by atoms with E-state index in [4.69, 9.17) is 15.2 Å². The van der Waals surface area contributed by atoms with Gasteiger partial charge < -0.3 is 20.1 Å². The molecule has 1 heterocycles. The van der Waals surface area contributed by atoms with E-state index in [-0.39, 0.29) is 24.0 Å². The minimum Gasteiger partial charge on any atom is -0.382 e. The van der Waals surface area contributed by atoms with Crippen LogP contribution in [0.3, 0.4) is 0 Å². The Morgan fingerprint density at radius 2 is 2.33 bits per heavy atom. The van der Waals surface area contributed by atoms with Gasteiger partial charge >= 0.3 is 0 Å². The molecule has 1 saturated carbocycles. The lowest BCUT2D eigenvalue weighted by atomic mass is 9.85. The van der Waals surface area contributed by atoms with Gasteiger partial charge in [0.15, 0.2) is 0 Å². The van der Waals surface area contributed by atoms with Crippen LogP contribution in [0.15, 0.2) is 0 Å². The molecule has 2 N–H and O–H groups in total. The third kappa shape index (κ3) is 3.43. The van der Waals surface area contributed by atoms with Crippen molar-refractivity contribution in [2.45, 2.75) is 37.8 Å². The van der Waals surface area contributed by atoms with Crippen molar-refractivity contribution in [2.75, 3.05) is 33.4 Å². The second kappa shape index (κ2) is 6.50. The van der Waals surface area contributed by atoms with Crippen LogP contribution in [0.1, 0.15) is 25.7 Å². The average Bonchev–Trinajstić information content (AvgIpc) is 2.39. The molecule has 1 aliphatic heterocycles. The largest absolute Gasteiger partial charge is 0.382 e. The summed E-state index contributed by atoms with van der Waals surface area (Å²) in [7, 11) is 1.66. The summed E-state index contributed by atoms with van der Waals surface area (Å²) in [5, 5.41) is 0. The monoisotopic (exact) mass is 256 g/mol. The van der Waals surface area contributed by atoms with Gasteiger partial charge in [0.2, 0.25) is 5.91 Å². The molecule has 2 rings (SSSR count). The molecule has 0 aromatic carbocycles. The molecule has 1 aliphatic carbocycles. The number of carbonyl (C=O) groups excluding carboxylic acids is 1. The zero-order valence-electron chi connectivity index (χ0n) is 11.1. The predicted octanol–water partition coefficient (Wildman–Crippen LogP) is 0.378. The summed E-state index contributed by atoms with van der Waals surface area (Å²) in [5.74, 6) is 0.379. The lowest BCUT2D eigenvalue weighted by molar-refractivity contribution is -0.146. The summed E-state index contributed by atoms with van der Waals surface area (Å²) in [6.45, 7) is 2.51. The summed E-state index contributed by atoms with van der Waals surface area (Å²) >= 11 is 0. The molecule has 0 aromatic heterocycles. The predicted molar refractivity (Wildman–Crippen MR) is 68.1 cm³/mol. The van der Waals surface area contributed by atoms with Crippen molar-refractivity contribution in [1.82, 2.24) is 4.90 Å². The molecule has 2 aliphatic rings. The number of morpholine rings is 1. The van der Waals surface area contributed by atoms with Gasteiger partial charge in [-0.05, 0) is 19.3 Å². The molecule has 1 saturated heterocycles. The molecule has 0 bridgehead atoms. The molecule has 2 fully saturated rings. The topological polar surface area (TPSA) is 64.8 Å². The Kier molecular flexibility index (Phi) is 4.97. The van der Waals surface area contributed by atoms with Crippen molar-refractivity contribution in [3.05, 3.63) is 0 Å². The molecular formula is C13H24N2O3. The Bertz CT molecular complexity index is 283. The van der Waals surface area contributed by atoms with Gasteiger partial charge in [0.05, 0.1) is 19.3 Å². The van der Waals surface area contributed by atoms with Crippen molar-refractivity contribution >= 4 is 5.91 Å². The van der Waals surface area contributed by atoms with Gasteiger partial charge in [0, 0.05) is 32.2 Å². The summed E-state index contributed by atoms with van der Waals surface area (Å²) in [5.41, 5.74) is 5.95. The highest BCUT2D eigenvalue weighted by Crippen LogP contribution is 2.25. The SMILES string of the molecule is COCC1CN(C(=O)C2CCCC(N)C2)CCO1. The highest BCUT2D eigenvalue weighted by Gasteiger charge is 2.31. The number of methoxy groups -OCH3 is 1. The van der Waals surface area contributed by atoms with Crippen LogP contribution < -0.4 is 5.73 Å². The first-order valence-electron chi connectivity index (χ1n) is 6.85. The second-order valence-corrected chi connectivity index (χ2v) is 5.36. The fraction of sp³-hybridized carbons (Fsp3) is 0.923. The van der Waals surface area contributed by atoms with Gasteiger partial charge in [-0.15, -0.1) is 0 Å². The number of hydrogen-bond donors (Lipinski definition) is 1. The van der Waals surface area contributed by atoms with Crippen LogP contribution in [0, 0.1) is 5.92 Å². The zero-order chi connectivity index (χ0) is 13.0. The van der Waals surface area contributed by atoms with Crippen LogP contribution in [-0.2, 0) is 14.3 Å². The number of carbonyl (C=O) groups is 1. The van der Waals surface area contributed by atoms with E-state index in [1.165, 1.54) is 0 Å². The molecule has 0 aromatic rings. The van der Waals surface area contributed by atoms with E-state index >= 15 is 0 Å². The average molecular weight is 256 g/mol. The van der Waals surface area contributed by atoms with E-state index in [2.05, 4.69) is 0 Å². The van der Waals surface area contributed by atoms with Crippen LogP contribution in [0.4, 0.5) is 0 Å². The third-order valence-corrected chi connectivity index (χ3v) is 3.87. The standard InChI is InChI=1S/C13H24N2O3/c1-17-9-12-8-15(5-6-18-12)13(16)10-3-2-4-11(14)7-10/h10-12H,2-9,14H2,1H3. The first kappa shape index (κ1) is 13.8. The van der Waals surface area contributed by atoms with Gasteiger partial charge in [-0.1, -0.05) is 6.42 Å². The first-order chi connectivity index (χ1) is 8.70. The molecule has 0 radical (unpaired) electrons. The van der Waals surface area contributed by atoms with Gasteiger partial charge in [-0.3, -0.25) is 4.79 Å². The van der Waals surface area contributed by atoms with Crippen LogP contribution in [-0.4, -0.2) is 56.4 Å². The van der Waals surface area contributed by atoms with Crippen molar-refractivity contribution in [3.63, 3.8) is 0 Å². The number of nitrogens with zero attached hydrogens (tertiary/aromatic N) is 1. The Hall–Kier alpha value is -0.650. The van der Waals surface area contributed by atoms with Crippen molar-refractivity contribution in [2.24, 2.45) is 11.7 Å². The maximum absolute atomic E-state index is 12.4. The van der Waals surface area contributed by atoms with E-state index < -0.39 is 0 Å². The van der Waals surface area contributed by atoms with Crippen LogP contribution in [0.5, 0.6) is 0 Å². The lowest BCUT2D eigenvalue weighted by Crippen LogP contribution is -2.50. The highest BCUT2D eigenvalue weighted by molar-refractivity contribution is 5.79. The molecule has 5 heteroatoms. The molecule has 3 atom stereocenters. The highest BCUT2D eigenvalue weighted by atomic mass is 16.5. The van der Waals surface area contributed by atoms with E-state index in [1.54, 1.807) is 7.11 Å². The maximum Gasteiger partial charge on any atom is 0.225 e. The molecule has 104 valence electrons. The Morgan fingerprint density at radius 3 is 3.06 bits per heavy atom. The fourth-order valence-electron chi connectivity index (χ4n) is 2.92. The minimum atomic E-state index is 0.0185. The van der Waals surface area contributed by atoms with Gasteiger partial charge in [-0.2, -0.15) is 0 Å². The van der Waals surface area contributed by atoms with Gasteiger partial charge in [0.1, 0.15) is 0 Å². The van der Waals surface area contributed by atoms with Crippen molar-refractivity contribution < 1.29 is 14.3 Å². The second-order valence-electron chi connectivity index (χ2n) is 5.36. The van der Waals surface area contributed by atoms with E-state index in [9.17, 15) is 4.79 Å². The molecule has 0 spiro atoms. The Labute approximate surface area is 109 Å². The normalized spacial score (nSPS) is 33.4. The maximum atomic E-state index is 12.4. The number of ether oxygens (including phenoxy) is 2. The molecule has 5 nitrogen and oxygen atoms in total. The number of rotatable bonds is 3. The lowest BCUT2D eigenvalue weighted by Gasteiger charge is -2.36. The molecule has 1 amide bonds.